The van der Waals surface area contributed by atoms with Crippen LogP contribution < -0.4 is 4.74 Å². The highest BCUT2D eigenvalue weighted by molar-refractivity contribution is 5.65. The third-order valence-corrected chi connectivity index (χ3v) is 7.93. The van der Waals surface area contributed by atoms with Crippen molar-refractivity contribution in [2.45, 2.75) is 90.6 Å². The van der Waals surface area contributed by atoms with Crippen LogP contribution in [0.15, 0.2) is 48.5 Å². The zero-order chi connectivity index (χ0) is 27.1. The molecule has 5 heteroatoms. The minimum atomic E-state index is -0.980. The number of hydrogen-bond acceptors (Lipinski definition) is 1. The average Bonchev–Trinajstić information content (AvgIpc) is 2.93. The van der Waals surface area contributed by atoms with E-state index in [1.807, 2.05) is 0 Å². The molecule has 0 radical (unpaired) electrons. The van der Waals surface area contributed by atoms with Crippen LogP contribution in [0.3, 0.4) is 0 Å². The molecular weight excluding hydrogens is 488 g/mol. The standard InChI is InChI=1S/C33H38F4O/c1-3-5-6-8-26-17-20-29(33(37)30(26)34)38-21-23-11-15-25(16-12-23)28-19-18-27(31(35)32(28)36)24-13-9-22(7-4-2)10-14-24/h11-12,15-20,22,24H,3-10,13-14,21H2,1-2H3. The van der Waals surface area contributed by atoms with E-state index in [0.29, 0.717) is 34.6 Å². The van der Waals surface area contributed by atoms with E-state index in [2.05, 4.69) is 13.8 Å². The molecule has 1 aliphatic carbocycles. The molecule has 1 fully saturated rings. The summed E-state index contributed by atoms with van der Waals surface area (Å²) >= 11 is 0. The molecule has 0 atom stereocenters. The minimum Gasteiger partial charge on any atom is -0.486 e. The third kappa shape index (κ3) is 6.59. The molecule has 0 unspecified atom stereocenters. The van der Waals surface area contributed by atoms with Gasteiger partial charge >= 0.3 is 0 Å². The van der Waals surface area contributed by atoms with Crippen molar-refractivity contribution >= 4 is 0 Å². The van der Waals surface area contributed by atoms with Gasteiger partial charge in [0.15, 0.2) is 23.2 Å². The van der Waals surface area contributed by atoms with Crippen molar-refractivity contribution in [2.24, 2.45) is 5.92 Å². The van der Waals surface area contributed by atoms with Crippen molar-refractivity contribution in [3.8, 4) is 16.9 Å². The molecule has 0 aliphatic heterocycles. The summed E-state index contributed by atoms with van der Waals surface area (Å²) in [5, 5.41) is 0. The van der Waals surface area contributed by atoms with Gasteiger partial charge in [-0.05, 0) is 78.7 Å². The van der Waals surface area contributed by atoms with Crippen LogP contribution in [0.25, 0.3) is 11.1 Å². The predicted molar refractivity (Wildman–Crippen MR) is 145 cm³/mol. The molecule has 0 bridgehead atoms. The van der Waals surface area contributed by atoms with Gasteiger partial charge in [0.05, 0.1) is 0 Å². The molecule has 0 aromatic heterocycles. The van der Waals surface area contributed by atoms with Crippen LogP contribution in [0.4, 0.5) is 17.6 Å². The number of unbranched alkanes of at least 4 members (excludes halogenated alkanes) is 2. The molecule has 0 spiro atoms. The lowest BCUT2D eigenvalue weighted by atomic mass is 9.77. The fraction of sp³-hybridized carbons (Fsp3) is 0.455. The Bertz CT molecular complexity index is 1200. The summed E-state index contributed by atoms with van der Waals surface area (Å²) < 4.78 is 64.6. The second kappa shape index (κ2) is 13.3. The van der Waals surface area contributed by atoms with Crippen molar-refractivity contribution in [1.29, 1.82) is 0 Å². The molecule has 3 aromatic rings. The number of benzene rings is 3. The van der Waals surface area contributed by atoms with E-state index in [4.69, 9.17) is 4.74 Å². The smallest absolute Gasteiger partial charge is 0.200 e. The summed E-state index contributed by atoms with van der Waals surface area (Å²) in [6, 6.07) is 13.3. The quantitative estimate of drug-likeness (QED) is 0.178. The topological polar surface area (TPSA) is 9.23 Å². The zero-order valence-electron chi connectivity index (χ0n) is 22.5. The highest BCUT2D eigenvalue weighted by Gasteiger charge is 2.26. The molecular formula is C33H38F4O. The first-order valence-electron chi connectivity index (χ1n) is 14.1. The fourth-order valence-corrected chi connectivity index (χ4v) is 5.66. The number of ether oxygens (including phenoxy) is 1. The molecule has 38 heavy (non-hydrogen) atoms. The lowest BCUT2D eigenvalue weighted by Crippen LogP contribution is -2.15. The van der Waals surface area contributed by atoms with Crippen molar-refractivity contribution < 1.29 is 22.3 Å². The van der Waals surface area contributed by atoms with Crippen LogP contribution in [0, 0.1) is 29.2 Å². The van der Waals surface area contributed by atoms with Gasteiger partial charge in [-0.25, -0.2) is 13.2 Å². The Kier molecular flexibility index (Phi) is 9.87. The van der Waals surface area contributed by atoms with Gasteiger partial charge < -0.3 is 4.74 Å². The Balaban J connectivity index is 1.40. The number of halogens is 4. The maximum atomic E-state index is 15.1. The summed E-state index contributed by atoms with van der Waals surface area (Å²) in [4.78, 5) is 0. The molecule has 4 rings (SSSR count). The third-order valence-electron chi connectivity index (χ3n) is 7.93. The second-order valence-electron chi connectivity index (χ2n) is 10.6. The van der Waals surface area contributed by atoms with E-state index in [-0.39, 0.29) is 23.8 Å². The number of hydrogen-bond donors (Lipinski definition) is 0. The Morgan fingerprint density at radius 1 is 0.711 bits per heavy atom. The molecule has 1 saturated carbocycles. The fourth-order valence-electron chi connectivity index (χ4n) is 5.66. The largest absolute Gasteiger partial charge is 0.486 e. The molecule has 0 heterocycles. The van der Waals surface area contributed by atoms with E-state index in [9.17, 15) is 8.78 Å². The van der Waals surface area contributed by atoms with E-state index >= 15 is 8.78 Å². The van der Waals surface area contributed by atoms with E-state index in [0.717, 1.165) is 44.9 Å². The Labute approximate surface area is 224 Å². The molecule has 1 nitrogen and oxygen atoms in total. The van der Waals surface area contributed by atoms with E-state index < -0.39 is 23.3 Å². The Hall–Kier alpha value is -2.82. The van der Waals surface area contributed by atoms with E-state index in [1.54, 1.807) is 42.5 Å². The summed E-state index contributed by atoms with van der Waals surface area (Å²) in [5.41, 5.74) is 2.32. The molecule has 0 saturated heterocycles. The van der Waals surface area contributed by atoms with Crippen LogP contribution in [0.2, 0.25) is 0 Å². The van der Waals surface area contributed by atoms with Gasteiger partial charge in [0, 0.05) is 5.56 Å². The van der Waals surface area contributed by atoms with Gasteiger partial charge in [0.2, 0.25) is 5.82 Å². The van der Waals surface area contributed by atoms with Crippen molar-refractivity contribution in [3.63, 3.8) is 0 Å². The molecule has 204 valence electrons. The monoisotopic (exact) mass is 526 g/mol. The second-order valence-corrected chi connectivity index (χ2v) is 10.6. The van der Waals surface area contributed by atoms with Gasteiger partial charge in [0.1, 0.15) is 6.61 Å². The number of rotatable bonds is 11. The van der Waals surface area contributed by atoms with Gasteiger partial charge in [-0.3, -0.25) is 0 Å². The first-order chi connectivity index (χ1) is 18.4. The summed E-state index contributed by atoms with van der Waals surface area (Å²) in [7, 11) is 0. The van der Waals surface area contributed by atoms with Crippen LogP contribution in [0.5, 0.6) is 5.75 Å². The predicted octanol–water partition coefficient (Wildman–Crippen LogP) is 10.3. The molecule has 0 N–H and O–H groups in total. The summed E-state index contributed by atoms with van der Waals surface area (Å²) in [5.74, 6) is -2.77. The van der Waals surface area contributed by atoms with Crippen LogP contribution >= 0.6 is 0 Å². The zero-order valence-corrected chi connectivity index (χ0v) is 22.5. The molecule has 3 aromatic carbocycles. The Morgan fingerprint density at radius 3 is 2.13 bits per heavy atom. The summed E-state index contributed by atoms with van der Waals surface area (Å²) in [6.07, 6.45) is 9.62. The minimum absolute atomic E-state index is 0.0301. The first-order valence-corrected chi connectivity index (χ1v) is 14.1. The SMILES string of the molecule is CCCCCc1ccc(OCc2ccc(-c3ccc(C4CCC(CCC)CC4)c(F)c3F)cc2)c(F)c1F. The number of aryl methyl sites for hydroxylation is 1. The first kappa shape index (κ1) is 28.2. The van der Waals surface area contributed by atoms with Gasteiger partial charge in [-0.1, -0.05) is 82.0 Å². The maximum absolute atomic E-state index is 15.1. The molecule has 0 amide bonds. The lowest BCUT2D eigenvalue weighted by Gasteiger charge is -2.29. The van der Waals surface area contributed by atoms with Gasteiger partial charge in [0.25, 0.3) is 0 Å². The van der Waals surface area contributed by atoms with Crippen LogP contribution in [0.1, 0.15) is 94.2 Å². The average molecular weight is 527 g/mol. The Morgan fingerprint density at radius 2 is 1.45 bits per heavy atom. The van der Waals surface area contributed by atoms with Gasteiger partial charge in [-0.2, -0.15) is 4.39 Å². The normalized spacial score (nSPS) is 17.5. The van der Waals surface area contributed by atoms with Crippen molar-refractivity contribution in [1.82, 2.24) is 0 Å². The highest BCUT2D eigenvalue weighted by Crippen LogP contribution is 2.40. The summed E-state index contributed by atoms with van der Waals surface area (Å²) in [6.45, 7) is 4.28. The van der Waals surface area contributed by atoms with E-state index in [1.165, 1.54) is 18.9 Å². The van der Waals surface area contributed by atoms with Crippen molar-refractivity contribution in [2.75, 3.05) is 0 Å². The lowest BCUT2D eigenvalue weighted by molar-refractivity contribution is 0.284. The van der Waals surface area contributed by atoms with Crippen molar-refractivity contribution in [3.05, 3.63) is 88.5 Å². The maximum Gasteiger partial charge on any atom is 0.200 e. The molecule has 1 aliphatic rings. The van der Waals surface area contributed by atoms with Crippen LogP contribution in [-0.4, -0.2) is 0 Å². The van der Waals surface area contributed by atoms with Crippen LogP contribution in [-0.2, 0) is 13.0 Å². The highest BCUT2D eigenvalue weighted by atomic mass is 19.2. The van der Waals surface area contributed by atoms with Gasteiger partial charge in [-0.15, -0.1) is 0 Å².